The zero-order chi connectivity index (χ0) is 17.6. The van der Waals surface area contributed by atoms with E-state index in [4.69, 9.17) is 27.9 Å². The Balaban J connectivity index is 1.33. The van der Waals surface area contributed by atoms with E-state index < -0.39 is 0 Å². The lowest BCUT2D eigenvalue weighted by Crippen LogP contribution is -2.47. The first-order valence-electron chi connectivity index (χ1n) is 9.06. The Morgan fingerprint density at radius 3 is 2.16 bits per heavy atom. The molecule has 0 spiro atoms. The monoisotopic (exact) mass is 380 g/mol. The maximum absolute atomic E-state index is 12.4. The number of hydrogen-bond acceptors (Lipinski definition) is 3. The maximum Gasteiger partial charge on any atom is 0.306 e. The highest BCUT2D eigenvalue weighted by atomic mass is 35.5. The Labute approximate surface area is 158 Å². The molecule has 0 atom stereocenters. The average molecular weight is 381 g/mol. The molecule has 1 aromatic carbocycles. The SMILES string of the molecule is O=C(CC12CC3CC(CC(C3)C1)C2)OCC(=O)c1ccc(Cl)c(Cl)c1. The van der Waals surface area contributed by atoms with Crippen LogP contribution >= 0.6 is 23.2 Å². The standard InChI is InChI=1S/C20H22Cl2O3/c21-16-2-1-15(6-17(16)22)18(23)11-25-19(24)10-20-7-12-3-13(8-20)5-14(4-12)9-20/h1-2,6,12-14H,3-5,7-11H2. The van der Waals surface area contributed by atoms with Crippen LogP contribution in [0.4, 0.5) is 0 Å². The third-order valence-corrected chi connectivity index (χ3v) is 7.03. The Bertz CT molecular complexity index is 678. The van der Waals surface area contributed by atoms with Gasteiger partial charge < -0.3 is 4.74 Å². The molecule has 4 bridgehead atoms. The second-order valence-electron chi connectivity index (χ2n) is 8.31. The van der Waals surface area contributed by atoms with Crippen LogP contribution in [0.1, 0.15) is 55.3 Å². The van der Waals surface area contributed by atoms with Gasteiger partial charge in [-0.3, -0.25) is 9.59 Å². The van der Waals surface area contributed by atoms with Gasteiger partial charge in [-0.1, -0.05) is 23.2 Å². The first-order chi connectivity index (χ1) is 11.9. The second-order valence-corrected chi connectivity index (χ2v) is 9.12. The predicted molar refractivity (Wildman–Crippen MR) is 97.0 cm³/mol. The predicted octanol–water partition coefficient (Wildman–Crippen LogP) is 5.33. The lowest BCUT2D eigenvalue weighted by molar-refractivity contribution is -0.150. The van der Waals surface area contributed by atoms with Crippen LogP contribution in [0.2, 0.25) is 10.0 Å². The topological polar surface area (TPSA) is 43.4 Å². The third kappa shape index (κ3) is 3.59. The molecule has 0 unspecified atom stereocenters. The number of esters is 1. The van der Waals surface area contributed by atoms with Gasteiger partial charge in [-0.2, -0.15) is 0 Å². The summed E-state index contributed by atoms with van der Waals surface area (Å²) >= 11 is 11.8. The highest BCUT2D eigenvalue weighted by molar-refractivity contribution is 6.42. The molecule has 0 aliphatic heterocycles. The van der Waals surface area contributed by atoms with Gasteiger partial charge in [0.2, 0.25) is 0 Å². The molecule has 4 aliphatic carbocycles. The molecule has 4 aliphatic rings. The van der Waals surface area contributed by atoms with Gasteiger partial charge in [0.05, 0.1) is 16.5 Å². The summed E-state index contributed by atoms with van der Waals surface area (Å²) in [6.07, 6.45) is 8.00. The molecule has 1 aromatic rings. The number of benzene rings is 1. The van der Waals surface area contributed by atoms with E-state index in [1.165, 1.54) is 25.3 Å². The van der Waals surface area contributed by atoms with Gasteiger partial charge in [-0.15, -0.1) is 0 Å². The van der Waals surface area contributed by atoms with E-state index in [0.29, 0.717) is 22.0 Å². The molecule has 0 heterocycles. The number of ether oxygens (including phenoxy) is 1. The van der Waals surface area contributed by atoms with E-state index in [-0.39, 0.29) is 23.8 Å². The number of halogens is 2. The van der Waals surface area contributed by atoms with Crippen molar-refractivity contribution in [3.63, 3.8) is 0 Å². The molecule has 4 fully saturated rings. The van der Waals surface area contributed by atoms with E-state index >= 15 is 0 Å². The highest BCUT2D eigenvalue weighted by Gasteiger charge is 2.51. The van der Waals surface area contributed by atoms with E-state index in [0.717, 1.165) is 37.0 Å². The fourth-order valence-electron chi connectivity index (χ4n) is 5.76. The normalized spacial score (nSPS) is 32.6. The van der Waals surface area contributed by atoms with Crippen molar-refractivity contribution >= 4 is 35.0 Å². The number of rotatable bonds is 5. The number of carbonyl (C=O) groups is 2. The van der Waals surface area contributed by atoms with Crippen molar-refractivity contribution in [3.05, 3.63) is 33.8 Å². The van der Waals surface area contributed by atoms with Crippen molar-refractivity contribution in [2.75, 3.05) is 6.61 Å². The van der Waals surface area contributed by atoms with Gasteiger partial charge in [-0.05, 0) is 79.9 Å². The molecule has 0 aromatic heterocycles. The molecule has 25 heavy (non-hydrogen) atoms. The minimum atomic E-state index is -0.252. The summed E-state index contributed by atoms with van der Waals surface area (Å²) in [5, 5.41) is 0.726. The molecule has 0 N–H and O–H groups in total. The number of hydrogen-bond donors (Lipinski definition) is 0. The summed E-state index contributed by atoms with van der Waals surface area (Å²) in [6.45, 7) is -0.233. The molecule has 0 radical (unpaired) electrons. The molecule has 0 saturated heterocycles. The maximum atomic E-state index is 12.4. The third-order valence-electron chi connectivity index (χ3n) is 6.29. The minimum Gasteiger partial charge on any atom is -0.457 e. The second kappa shape index (κ2) is 6.59. The summed E-state index contributed by atoms with van der Waals surface area (Å²) in [5.74, 6) is 1.92. The fraction of sp³-hybridized carbons (Fsp3) is 0.600. The Morgan fingerprint density at radius 2 is 1.60 bits per heavy atom. The van der Waals surface area contributed by atoms with Crippen LogP contribution in [0.5, 0.6) is 0 Å². The van der Waals surface area contributed by atoms with Crippen LogP contribution in [0.15, 0.2) is 18.2 Å². The largest absolute Gasteiger partial charge is 0.457 e. The molecular weight excluding hydrogens is 359 g/mol. The van der Waals surface area contributed by atoms with Gasteiger partial charge in [0.15, 0.2) is 12.4 Å². The van der Waals surface area contributed by atoms with Gasteiger partial charge in [-0.25, -0.2) is 0 Å². The lowest BCUT2D eigenvalue weighted by atomic mass is 9.49. The van der Waals surface area contributed by atoms with E-state index in [1.807, 2.05) is 0 Å². The summed E-state index contributed by atoms with van der Waals surface area (Å²) in [5.41, 5.74) is 0.551. The smallest absolute Gasteiger partial charge is 0.306 e. The first-order valence-corrected chi connectivity index (χ1v) is 9.82. The van der Waals surface area contributed by atoms with Crippen LogP contribution < -0.4 is 0 Å². The van der Waals surface area contributed by atoms with Gasteiger partial charge in [0.25, 0.3) is 0 Å². The number of ketones is 1. The van der Waals surface area contributed by atoms with Gasteiger partial charge in [0, 0.05) is 5.56 Å². The quantitative estimate of drug-likeness (QED) is 0.512. The van der Waals surface area contributed by atoms with E-state index in [1.54, 1.807) is 12.1 Å². The van der Waals surface area contributed by atoms with Crippen molar-refractivity contribution in [3.8, 4) is 0 Å². The highest BCUT2D eigenvalue weighted by Crippen LogP contribution is 2.61. The van der Waals surface area contributed by atoms with E-state index in [9.17, 15) is 9.59 Å². The van der Waals surface area contributed by atoms with Crippen LogP contribution in [0.3, 0.4) is 0 Å². The van der Waals surface area contributed by atoms with Crippen LogP contribution in [-0.4, -0.2) is 18.4 Å². The summed E-state index contributed by atoms with van der Waals surface area (Å²) in [7, 11) is 0. The Hall–Kier alpha value is -1.06. The minimum absolute atomic E-state index is 0.137. The molecule has 4 saturated carbocycles. The van der Waals surface area contributed by atoms with Crippen molar-refractivity contribution in [1.29, 1.82) is 0 Å². The van der Waals surface area contributed by atoms with Crippen molar-refractivity contribution in [2.45, 2.75) is 44.9 Å². The zero-order valence-corrected chi connectivity index (χ0v) is 15.6. The molecule has 0 amide bonds. The number of Topliss-reactive ketones (excluding diaryl/α,β-unsaturated/α-hetero) is 1. The molecule has 5 rings (SSSR count). The Kier molecular flexibility index (Phi) is 4.57. The Morgan fingerprint density at radius 1 is 1.00 bits per heavy atom. The lowest BCUT2D eigenvalue weighted by Gasteiger charge is -2.56. The van der Waals surface area contributed by atoms with Crippen LogP contribution in [0, 0.1) is 23.2 Å². The van der Waals surface area contributed by atoms with Crippen molar-refractivity contribution < 1.29 is 14.3 Å². The van der Waals surface area contributed by atoms with Crippen molar-refractivity contribution in [2.24, 2.45) is 23.2 Å². The fourth-order valence-corrected chi connectivity index (χ4v) is 6.06. The van der Waals surface area contributed by atoms with Crippen molar-refractivity contribution in [1.82, 2.24) is 0 Å². The summed E-state index contributed by atoms with van der Waals surface area (Å²) in [4.78, 5) is 24.6. The zero-order valence-electron chi connectivity index (χ0n) is 14.1. The molecular formula is C20H22Cl2O3. The summed E-state index contributed by atoms with van der Waals surface area (Å²) < 4.78 is 5.30. The summed E-state index contributed by atoms with van der Waals surface area (Å²) in [6, 6.07) is 4.69. The molecule has 134 valence electrons. The van der Waals surface area contributed by atoms with Gasteiger partial charge >= 0.3 is 5.97 Å². The first kappa shape index (κ1) is 17.4. The van der Waals surface area contributed by atoms with E-state index in [2.05, 4.69) is 0 Å². The van der Waals surface area contributed by atoms with Crippen LogP contribution in [-0.2, 0) is 9.53 Å². The molecule has 5 heteroatoms. The van der Waals surface area contributed by atoms with Crippen LogP contribution in [0.25, 0.3) is 0 Å². The molecule has 3 nitrogen and oxygen atoms in total. The average Bonchev–Trinajstić information content (AvgIpc) is 2.53. The number of carbonyl (C=O) groups excluding carboxylic acids is 2. The van der Waals surface area contributed by atoms with Gasteiger partial charge in [0.1, 0.15) is 0 Å².